The highest BCUT2D eigenvalue weighted by molar-refractivity contribution is 6.02. The predicted molar refractivity (Wildman–Crippen MR) is 89.1 cm³/mol. The van der Waals surface area contributed by atoms with Crippen LogP contribution in [-0.2, 0) is 13.0 Å². The van der Waals surface area contributed by atoms with Gasteiger partial charge in [0.2, 0.25) is 0 Å². The van der Waals surface area contributed by atoms with Crippen molar-refractivity contribution in [3.63, 3.8) is 0 Å². The van der Waals surface area contributed by atoms with Crippen LogP contribution in [0.4, 0.5) is 5.69 Å². The van der Waals surface area contributed by atoms with Crippen LogP contribution in [0.5, 0.6) is 0 Å². The molecule has 0 unspecified atom stereocenters. The lowest BCUT2D eigenvalue weighted by molar-refractivity contribution is 0.278. The van der Waals surface area contributed by atoms with E-state index in [0.717, 1.165) is 12.2 Å². The topological polar surface area (TPSA) is 37.5 Å². The van der Waals surface area contributed by atoms with Gasteiger partial charge in [0.1, 0.15) is 11.6 Å². The summed E-state index contributed by atoms with van der Waals surface area (Å²) < 4.78 is 5.43. The van der Waals surface area contributed by atoms with E-state index in [-0.39, 0.29) is 5.41 Å². The second kappa shape index (κ2) is 5.64. The summed E-state index contributed by atoms with van der Waals surface area (Å²) >= 11 is 0. The van der Waals surface area contributed by atoms with Gasteiger partial charge in [-0.05, 0) is 43.0 Å². The number of fused-ring (bicyclic) bond motifs is 1. The predicted octanol–water partition coefficient (Wildman–Crippen LogP) is 4.80. The molecule has 1 N–H and O–H groups in total. The number of furan rings is 1. The number of nitrogens with zero attached hydrogens (tertiary/aromatic N) is 1. The third-order valence-corrected chi connectivity index (χ3v) is 5.09. The first-order chi connectivity index (χ1) is 10.9. The van der Waals surface area contributed by atoms with Crippen LogP contribution in [0.1, 0.15) is 43.4 Å². The third kappa shape index (κ3) is 2.45. The van der Waals surface area contributed by atoms with Crippen molar-refractivity contribution < 1.29 is 4.42 Å². The minimum atomic E-state index is 0.208. The van der Waals surface area contributed by atoms with Gasteiger partial charge >= 0.3 is 0 Å². The van der Waals surface area contributed by atoms with Crippen molar-refractivity contribution in [1.82, 2.24) is 0 Å². The average Bonchev–Trinajstić information content (AvgIpc) is 3.07. The Morgan fingerprint density at radius 3 is 2.73 bits per heavy atom. The molecule has 3 nitrogen and oxygen atoms in total. The van der Waals surface area contributed by atoms with Crippen molar-refractivity contribution in [3.05, 3.63) is 54.0 Å². The van der Waals surface area contributed by atoms with E-state index in [1.165, 1.54) is 49.2 Å². The Morgan fingerprint density at radius 1 is 1.05 bits per heavy atom. The number of nitrogens with one attached hydrogen (secondary N) is 1. The molecular formula is C19H22N2O. The number of hydrogen-bond donors (Lipinski definition) is 1. The zero-order valence-corrected chi connectivity index (χ0v) is 12.8. The molecule has 114 valence electrons. The van der Waals surface area contributed by atoms with E-state index in [2.05, 4.69) is 29.6 Å². The van der Waals surface area contributed by atoms with Crippen molar-refractivity contribution in [2.75, 3.05) is 5.32 Å². The molecular weight excluding hydrogens is 272 g/mol. The molecule has 1 aliphatic carbocycles. The summed E-state index contributed by atoms with van der Waals surface area (Å²) in [6.07, 6.45) is 9.29. The molecule has 3 heteroatoms. The van der Waals surface area contributed by atoms with E-state index in [9.17, 15) is 0 Å². The zero-order valence-electron chi connectivity index (χ0n) is 12.8. The molecule has 1 aromatic carbocycles. The smallest absolute Gasteiger partial charge is 0.125 e. The number of hydrogen-bond acceptors (Lipinski definition) is 2. The quantitative estimate of drug-likeness (QED) is 0.864. The number of rotatable bonds is 2. The van der Waals surface area contributed by atoms with Crippen LogP contribution in [0.2, 0.25) is 0 Å². The van der Waals surface area contributed by atoms with Gasteiger partial charge < -0.3 is 9.73 Å². The van der Waals surface area contributed by atoms with E-state index in [1.54, 1.807) is 6.26 Å². The van der Waals surface area contributed by atoms with Crippen molar-refractivity contribution in [2.45, 2.75) is 45.1 Å². The van der Waals surface area contributed by atoms with Crippen LogP contribution in [0.3, 0.4) is 0 Å². The third-order valence-electron chi connectivity index (χ3n) is 5.09. The van der Waals surface area contributed by atoms with Crippen molar-refractivity contribution in [1.29, 1.82) is 0 Å². The van der Waals surface area contributed by atoms with E-state index in [4.69, 9.17) is 9.41 Å². The fourth-order valence-electron chi connectivity index (χ4n) is 3.91. The lowest BCUT2D eigenvalue weighted by atomic mass is 9.67. The van der Waals surface area contributed by atoms with Crippen LogP contribution in [0, 0.1) is 5.41 Å². The second-order valence-electron chi connectivity index (χ2n) is 6.54. The fraction of sp³-hybridized carbons (Fsp3) is 0.421. The van der Waals surface area contributed by atoms with Crippen molar-refractivity contribution in [2.24, 2.45) is 10.4 Å². The summed E-state index contributed by atoms with van der Waals surface area (Å²) in [7, 11) is 0. The van der Waals surface area contributed by atoms with Crippen LogP contribution < -0.4 is 5.32 Å². The standard InChI is InChI=1S/C19H22N2O/c1-4-10-19(11-5-1)13-15-7-2-3-9-17(15)21-18(19)20-14-16-8-6-12-22-16/h2-3,6-9,12H,1,4-5,10-11,13-14H2,(H,20,21). The molecule has 2 aromatic rings. The summed E-state index contributed by atoms with van der Waals surface area (Å²) in [5.74, 6) is 2.10. The Labute approximate surface area is 131 Å². The van der Waals surface area contributed by atoms with Gasteiger partial charge in [0.25, 0.3) is 0 Å². The minimum absolute atomic E-state index is 0.208. The van der Waals surface area contributed by atoms with E-state index in [1.807, 2.05) is 12.1 Å². The molecule has 4 rings (SSSR count). The van der Waals surface area contributed by atoms with Crippen molar-refractivity contribution in [3.8, 4) is 0 Å². The second-order valence-corrected chi connectivity index (χ2v) is 6.54. The average molecular weight is 294 g/mol. The number of benzene rings is 1. The molecule has 0 saturated heterocycles. The summed E-state index contributed by atoms with van der Waals surface area (Å²) in [4.78, 5) is 4.91. The van der Waals surface area contributed by atoms with E-state index in [0.29, 0.717) is 6.54 Å². The van der Waals surface area contributed by atoms with Gasteiger partial charge in [0, 0.05) is 11.1 Å². The molecule has 1 spiro atoms. The molecule has 0 amide bonds. The SMILES string of the molecule is c1coc(CN=C2Nc3ccccc3CC23CCCCC3)c1. The first kappa shape index (κ1) is 13.6. The van der Waals surface area contributed by atoms with Gasteiger partial charge in [0.05, 0.1) is 12.8 Å². The van der Waals surface area contributed by atoms with Gasteiger partial charge in [-0.2, -0.15) is 0 Å². The highest BCUT2D eigenvalue weighted by atomic mass is 16.3. The van der Waals surface area contributed by atoms with Gasteiger partial charge in [-0.3, -0.25) is 4.99 Å². The molecule has 1 aromatic heterocycles. The lowest BCUT2D eigenvalue weighted by Gasteiger charge is -2.42. The van der Waals surface area contributed by atoms with E-state index < -0.39 is 0 Å². The summed E-state index contributed by atoms with van der Waals surface area (Å²) in [5, 5.41) is 3.63. The maximum Gasteiger partial charge on any atom is 0.125 e. The molecule has 2 aliphatic rings. The van der Waals surface area contributed by atoms with Gasteiger partial charge in [-0.1, -0.05) is 37.5 Å². The largest absolute Gasteiger partial charge is 0.467 e. The highest BCUT2D eigenvalue weighted by Gasteiger charge is 2.40. The molecule has 1 fully saturated rings. The van der Waals surface area contributed by atoms with Crippen molar-refractivity contribution >= 4 is 11.5 Å². The number of amidine groups is 1. The first-order valence-electron chi connectivity index (χ1n) is 8.28. The summed E-state index contributed by atoms with van der Waals surface area (Å²) in [5.41, 5.74) is 2.86. The Bertz CT molecular complexity index is 667. The number of para-hydroxylation sites is 1. The van der Waals surface area contributed by atoms with Gasteiger partial charge in [-0.25, -0.2) is 0 Å². The van der Waals surface area contributed by atoms with Crippen LogP contribution in [-0.4, -0.2) is 5.84 Å². The van der Waals surface area contributed by atoms with E-state index >= 15 is 0 Å². The molecule has 0 bridgehead atoms. The molecule has 2 heterocycles. The molecule has 1 aliphatic heterocycles. The lowest BCUT2D eigenvalue weighted by Crippen LogP contribution is -2.43. The molecule has 22 heavy (non-hydrogen) atoms. The molecule has 0 radical (unpaired) electrons. The molecule has 0 atom stereocenters. The maximum atomic E-state index is 5.43. The van der Waals surface area contributed by atoms with Gasteiger partial charge in [0.15, 0.2) is 0 Å². The Kier molecular flexibility index (Phi) is 3.49. The highest BCUT2D eigenvalue weighted by Crippen LogP contribution is 2.44. The number of aliphatic imine (C=N–C) groups is 1. The van der Waals surface area contributed by atoms with Crippen LogP contribution in [0.15, 0.2) is 52.1 Å². The summed E-state index contributed by atoms with van der Waals surface area (Å²) in [6, 6.07) is 12.6. The Balaban J connectivity index is 1.68. The Morgan fingerprint density at radius 2 is 1.91 bits per heavy atom. The zero-order chi connectivity index (χ0) is 14.8. The van der Waals surface area contributed by atoms with Crippen LogP contribution >= 0.6 is 0 Å². The molecule has 1 saturated carbocycles. The summed E-state index contributed by atoms with van der Waals surface area (Å²) in [6.45, 7) is 0.624. The first-order valence-corrected chi connectivity index (χ1v) is 8.28. The van der Waals surface area contributed by atoms with Crippen LogP contribution in [0.25, 0.3) is 0 Å². The van der Waals surface area contributed by atoms with Gasteiger partial charge in [-0.15, -0.1) is 0 Å². The number of anilines is 1. The maximum absolute atomic E-state index is 5.43. The normalized spacial score (nSPS) is 21.5. The monoisotopic (exact) mass is 294 g/mol. The fourth-order valence-corrected chi connectivity index (χ4v) is 3.91. The minimum Gasteiger partial charge on any atom is -0.467 e. The Hall–Kier alpha value is -2.03.